The molecule has 19 heavy (non-hydrogen) atoms. The molecule has 1 atom stereocenters. The molecule has 0 saturated heterocycles. The van der Waals surface area contributed by atoms with Gasteiger partial charge in [-0.1, -0.05) is 0 Å². The first-order valence-corrected chi connectivity index (χ1v) is 6.20. The maximum absolute atomic E-state index is 11.3. The van der Waals surface area contributed by atoms with Crippen LogP contribution >= 0.6 is 0 Å². The summed E-state index contributed by atoms with van der Waals surface area (Å²) in [6.07, 6.45) is 5.01. The molecule has 0 fully saturated rings. The van der Waals surface area contributed by atoms with Gasteiger partial charge >= 0.3 is 0 Å². The van der Waals surface area contributed by atoms with E-state index >= 15 is 0 Å². The molecule has 0 aliphatic rings. The Morgan fingerprint density at radius 2 is 2.32 bits per heavy atom. The zero-order valence-electron chi connectivity index (χ0n) is 10.8. The fraction of sp³-hybridized carbons (Fsp3) is 0.286. The number of nitrogens with two attached hydrogens (primary N) is 1. The fourth-order valence-corrected chi connectivity index (χ4v) is 1.84. The summed E-state index contributed by atoms with van der Waals surface area (Å²) in [4.78, 5) is 15.4. The summed E-state index contributed by atoms with van der Waals surface area (Å²) in [5.74, 6) is 1.00. The van der Waals surface area contributed by atoms with Crippen LogP contribution in [0.2, 0.25) is 0 Å². The number of aromatic nitrogens is 1. The van der Waals surface area contributed by atoms with E-state index in [0.717, 1.165) is 18.6 Å². The van der Waals surface area contributed by atoms with Gasteiger partial charge in [0.05, 0.1) is 11.8 Å². The summed E-state index contributed by atoms with van der Waals surface area (Å²) >= 11 is 0. The number of carbonyl (C=O) groups excluding carboxylic acids is 1. The lowest BCUT2D eigenvalue weighted by atomic mass is 10.1. The molecule has 2 rings (SSSR count). The van der Waals surface area contributed by atoms with Crippen molar-refractivity contribution in [3.8, 4) is 0 Å². The largest absolute Gasteiger partial charge is 0.469 e. The van der Waals surface area contributed by atoms with Gasteiger partial charge in [0, 0.05) is 18.7 Å². The van der Waals surface area contributed by atoms with E-state index in [1.54, 1.807) is 24.6 Å². The number of hydrogen-bond donors (Lipinski definition) is 2. The van der Waals surface area contributed by atoms with Crippen LogP contribution in [0, 0.1) is 0 Å². The van der Waals surface area contributed by atoms with E-state index in [0.29, 0.717) is 11.4 Å². The maximum atomic E-state index is 11.3. The third kappa shape index (κ3) is 3.58. The van der Waals surface area contributed by atoms with Crippen LogP contribution in [0.5, 0.6) is 0 Å². The minimum atomic E-state index is -0.478. The molecule has 0 radical (unpaired) electrons. The SMILES string of the molecule is CC(CCc1ccco1)Nc1ncccc1C(N)=O. The van der Waals surface area contributed by atoms with Gasteiger partial charge in [0.2, 0.25) is 0 Å². The topological polar surface area (TPSA) is 81.2 Å². The van der Waals surface area contributed by atoms with Gasteiger partial charge in [0.15, 0.2) is 0 Å². The van der Waals surface area contributed by atoms with E-state index in [1.807, 2.05) is 19.1 Å². The number of primary amides is 1. The highest BCUT2D eigenvalue weighted by molar-refractivity contribution is 5.97. The van der Waals surface area contributed by atoms with Gasteiger partial charge in [-0.2, -0.15) is 0 Å². The van der Waals surface area contributed by atoms with E-state index < -0.39 is 5.91 Å². The zero-order chi connectivity index (χ0) is 13.7. The second kappa shape index (κ2) is 6.04. The van der Waals surface area contributed by atoms with Crippen LogP contribution in [0.15, 0.2) is 41.1 Å². The Morgan fingerprint density at radius 3 is 3.00 bits per heavy atom. The van der Waals surface area contributed by atoms with Crippen molar-refractivity contribution < 1.29 is 9.21 Å². The number of rotatable bonds is 6. The van der Waals surface area contributed by atoms with Crippen LogP contribution in [0.25, 0.3) is 0 Å². The lowest BCUT2D eigenvalue weighted by Crippen LogP contribution is -2.21. The van der Waals surface area contributed by atoms with Gasteiger partial charge in [-0.25, -0.2) is 4.98 Å². The van der Waals surface area contributed by atoms with E-state index in [4.69, 9.17) is 10.2 Å². The first-order chi connectivity index (χ1) is 9.16. The Morgan fingerprint density at radius 1 is 1.47 bits per heavy atom. The highest BCUT2D eigenvalue weighted by Gasteiger charge is 2.11. The van der Waals surface area contributed by atoms with Gasteiger partial charge < -0.3 is 15.5 Å². The molecule has 0 bridgehead atoms. The molecule has 3 N–H and O–H groups in total. The minimum Gasteiger partial charge on any atom is -0.469 e. The number of amides is 1. The van der Waals surface area contributed by atoms with Gasteiger partial charge in [0.1, 0.15) is 11.6 Å². The number of nitrogens with zero attached hydrogens (tertiary/aromatic N) is 1. The molecule has 0 saturated carbocycles. The Kier molecular flexibility index (Phi) is 4.18. The van der Waals surface area contributed by atoms with Crippen LogP contribution in [0.1, 0.15) is 29.5 Å². The fourth-order valence-electron chi connectivity index (χ4n) is 1.84. The number of aryl methyl sites for hydroxylation is 1. The van der Waals surface area contributed by atoms with Gasteiger partial charge in [0.25, 0.3) is 5.91 Å². The Labute approximate surface area is 111 Å². The molecule has 2 heterocycles. The minimum absolute atomic E-state index is 0.165. The predicted octanol–water partition coefficient (Wildman–Crippen LogP) is 2.21. The van der Waals surface area contributed by atoms with E-state index in [2.05, 4.69) is 10.3 Å². The summed E-state index contributed by atoms with van der Waals surface area (Å²) in [5.41, 5.74) is 5.72. The molecule has 1 amide bonds. The summed E-state index contributed by atoms with van der Waals surface area (Å²) in [6, 6.07) is 7.34. The molecule has 0 aromatic carbocycles. The van der Waals surface area contributed by atoms with Crippen LogP contribution in [0.4, 0.5) is 5.82 Å². The number of hydrogen-bond acceptors (Lipinski definition) is 4. The van der Waals surface area contributed by atoms with Crippen molar-refractivity contribution in [1.29, 1.82) is 0 Å². The average Bonchev–Trinajstić information content (AvgIpc) is 2.90. The quantitative estimate of drug-likeness (QED) is 0.833. The molecule has 5 heteroatoms. The van der Waals surface area contributed by atoms with Crippen molar-refractivity contribution in [2.75, 3.05) is 5.32 Å². The van der Waals surface area contributed by atoms with Crippen molar-refractivity contribution in [2.45, 2.75) is 25.8 Å². The number of furan rings is 1. The normalized spacial score (nSPS) is 12.1. The molecule has 2 aromatic rings. The third-order valence-electron chi connectivity index (χ3n) is 2.86. The molecular formula is C14H17N3O2. The Bertz CT molecular complexity index is 537. The van der Waals surface area contributed by atoms with Crippen LogP contribution in [-0.4, -0.2) is 16.9 Å². The standard InChI is InChI=1S/C14H17N3O2/c1-10(6-7-11-4-3-9-19-11)17-14-12(13(15)18)5-2-8-16-14/h2-5,8-10H,6-7H2,1H3,(H2,15,18)(H,16,17). The number of pyridine rings is 1. The summed E-state index contributed by atoms with van der Waals surface area (Å²) in [6.45, 7) is 2.03. The highest BCUT2D eigenvalue weighted by Crippen LogP contribution is 2.14. The second-order valence-electron chi connectivity index (χ2n) is 4.43. The third-order valence-corrected chi connectivity index (χ3v) is 2.86. The molecule has 0 aliphatic carbocycles. The van der Waals surface area contributed by atoms with Crippen molar-refractivity contribution in [3.63, 3.8) is 0 Å². The summed E-state index contributed by atoms with van der Waals surface area (Å²) in [5, 5.41) is 3.20. The number of carbonyl (C=O) groups is 1. The first-order valence-electron chi connectivity index (χ1n) is 6.20. The van der Waals surface area contributed by atoms with E-state index in [9.17, 15) is 4.79 Å². The lowest BCUT2D eigenvalue weighted by molar-refractivity contribution is 0.100. The molecular weight excluding hydrogens is 242 g/mol. The van der Waals surface area contributed by atoms with Crippen molar-refractivity contribution in [2.24, 2.45) is 5.73 Å². The summed E-state index contributed by atoms with van der Waals surface area (Å²) in [7, 11) is 0. The molecule has 5 nitrogen and oxygen atoms in total. The van der Waals surface area contributed by atoms with Crippen molar-refractivity contribution in [1.82, 2.24) is 4.98 Å². The predicted molar refractivity (Wildman–Crippen MR) is 72.9 cm³/mol. The number of nitrogens with one attached hydrogen (secondary N) is 1. The molecule has 2 aromatic heterocycles. The van der Waals surface area contributed by atoms with Crippen molar-refractivity contribution >= 4 is 11.7 Å². The monoisotopic (exact) mass is 259 g/mol. The van der Waals surface area contributed by atoms with Crippen molar-refractivity contribution in [3.05, 3.63) is 48.0 Å². The zero-order valence-corrected chi connectivity index (χ0v) is 10.8. The van der Waals surface area contributed by atoms with Crippen LogP contribution in [0.3, 0.4) is 0 Å². The van der Waals surface area contributed by atoms with Crippen LogP contribution < -0.4 is 11.1 Å². The average molecular weight is 259 g/mol. The number of anilines is 1. The van der Waals surface area contributed by atoms with Gasteiger partial charge in [-0.05, 0) is 37.6 Å². The van der Waals surface area contributed by atoms with E-state index in [-0.39, 0.29) is 6.04 Å². The summed E-state index contributed by atoms with van der Waals surface area (Å²) < 4.78 is 5.28. The Hall–Kier alpha value is -2.30. The second-order valence-corrected chi connectivity index (χ2v) is 4.43. The smallest absolute Gasteiger partial charge is 0.252 e. The lowest BCUT2D eigenvalue weighted by Gasteiger charge is -2.15. The highest BCUT2D eigenvalue weighted by atomic mass is 16.3. The maximum Gasteiger partial charge on any atom is 0.252 e. The molecule has 1 unspecified atom stereocenters. The van der Waals surface area contributed by atoms with E-state index in [1.165, 1.54) is 0 Å². The Balaban J connectivity index is 1.95. The van der Waals surface area contributed by atoms with Gasteiger partial charge in [-0.15, -0.1) is 0 Å². The molecule has 0 aliphatic heterocycles. The van der Waals surface area contributed by atoms with Crippen LogP contribution in [-0.2, 0) is 6.42 Å². The molecule has 100 valence electrons. The van der Waals surface area contributed by atoms with Gasteiger partial charge in [-0.3, -0.25) is 4.79 Å². The molecule has 0 spiro atoms. The first kappa shape index (κ1) is 13.1.